The highest BCUT2D eigenvalue weighted by molar-refractivity contribution is 5.97. The molecule has 0 aliphatic carbocycles. The summed E-state index contributed by atoms with van der Waals surface area (Å²) in [6, 6.07) is 11.3. The number of nitrogens with one attached hydrogen (secondary N) is 2. The first-order chi connectivity index (χ1) is 17.1. The van der Waals surface area contributed by atoms with Gasteiger partial charge < -0.3 is 9.88 Å². The number of imidazole rings is 1. The maximum atomic E-state index is 16.0. The van der Waals surface area contributed by atoms with Crippen LogP contribution in [0.15, 0.2) is 67.4 Å². The molecule has 0 radical (unpaired) electrons. The number of aromatic amines is 2. The van der Waals surface area contributed by atoms with Gasteiger partial charge in [0.25, 0.3) is 0 Å². The summed E-state index contributed by atoms with van der Waals surface area (Å²) in [6.07, 6.45) is 8.65. The minimum atomic E-state index is -0.377. The highest BCUT2D eigenvalue weighted by Crippen LogP contribution is 2.35. The van der Waals surface area contributed by atoms with E-state index in [1.165, 1.54) is 0 Å². The molecule has 0 spiro atoms. The summed E-state index contributed by atoms with van der Waals surface area (Å²) in [5, 5.41) is 7.70. The molecule has 35 heavy (non-hydrogen) atoms. The molecule has 172 valence electrons. The molecule has 6 aromatic rings. The van der Waals surface area contributed by atoms with E-state index in [1.807, 2.05) is 49.3 Å². The second-order valence-electron chi connectivity index (χ2n) is 8.62. The first-order valence-electron chi connectivity index (χ1n) is 11.1. The Labute approximate surface area is 199 Å². The summed E-state index contributed by atoms with van der Waals surface area (Å²) in [7, 11) is 3.97. The SMILES string of the molecule is CN(C)Cc1cncc(-c2ccc3[nH]nc(-c4nc5nccc(-c6ccncc6)c5[nH]4)c3c2F)c1. The standard InChI is InChI=1S/C26H21FN8/c1-35(2)14-15-11-17(13-29-12-15)18-3-4-20-21(22(18)27)24(34-33-20)26-31-23-19(7-10-30-25(23)32-26)16-5-8-28-9-6-16/h3-13H,14H2,1-2H3,(H,33,34)(H,30,31,32). The van der Waals surface area contributed by atoms with Gasteiger partial charge in [0.1, 0.15) is 11.5 Å². The zero-order valence-electron chi connectivity index (χ0n) is 19.1. The molecule has 0 aliphatic heterocycles. The summed E-state index contributed by atoms with van der Waals surface area (Å²) in [4.78, 5) is 22.8. The molecule has 2 N–H and O–H groups in total. The topological polar surface area (TPSA) is 99.3 Å². The second-order valence-corrected chi connectivity index (χ2v) is 8.62. The maximum Gasteiger partial charge on any atom is 0.178 e. The molecule has 0 aliphatic rings. The molecule has 0 saturated carbocycles. The van der Waals surface area contributed by atoms with Gasteiger partial charge in [-0.3, -0.25) is 15.1 Å². The zero-order valence-corrected chi connectivity index (χ0v) is 19.1. The first kappa shape index (κ1) is 21.1. The molecule has 8 nitrogen and oxygen atoms in total. The third kappa shape index (κ3) is 3.71. The number of pyridine rings is 3. The van der Waals surface area contributed by atoms with Crippen LogP contribution in [0.1, 0.15) is 5.56 Å². The number of hydrogen-bond donors (Lipinski definition) is 2. The smallest absolute Gasteiger partial charge is 0.178 e. The van der Waals surface area contributed by atoms with Gasteiger partial charge in [-0.25, -0.2) is 14.4 Å². The molecule has 0 fully saturated rings. The van der Waals surface area contributed by atoms with Gasteiger partial charge in [-0.1, -0.05) is 0 Å². The number of nitrogens with zero attached hydrogens (tertiary/aromatic N) is 6. The van der Waals surface area contributed by atoms with Crippen molar-refractivity contribution >= 4 is 22.1 Å². The first-order valence-corrected chi connectivity index (χ1v) is 11.1. The fraction of sp³-hybridized carbons (Fsp3) is 0.115. The summed E-state index contributed by atoms with van der Waals surface area (Å²) in [5.41, 5.74) is 6.35. The molecule has 0 bridgehead atoms. The van der Waals surface area contributed by atoms with Crippen molar-refractivity contribution < 1.29 is 4.39 Å². The van der Waals surface area contributed by atoms with E-state index < -0.39 is 0 Å². The number of benzene rings is 1. The number of H-pyrrole nitrogens is 2. The van der Waals surface area contributed by atoms with Gasteiger partial charge in [-0.15, -0.1) is 0 Å². The van der Waals surface area contributed by atoms with E-state index in [1.54, 1.807) is 37.1 Å². The second kappa shape index (κ2) is 8.37. The molecule has 0 atom stereocenters. The zero-order chi connectivity index (χ0) is 23.9. The Morgan fingerprint density at radius 1 is 0.914 bits per heavy atom. The fourth-order valence-corrected chi connectivity index (χ4v) is 4.35. The largest absolute Gasteiger partial charge is 0.335 e. The van der Waals surface area contributed by atoms with Crippen LogP contribution >= 0.6 is 0 Å². The van der Waals surface area contributed by atoms with Gasteiger partial charge in [-0.05, 0) is 61.6 Å². The van der Waals surface area contributed by atoms with E-state index in [4.69, 9.17) is 0 Å². The van der Waals surface area contributed by atoms with Crippen LogP contribution < -0.4 is 0 Å². The quantitative estimate of drug-likeness (QED) is 0.379. The molecule has 5 aromatic heterocycles. The van der Waals surface area contributed by atoms with Crippen molar-refractivity contribution in [1.29, 1.82) is 0 Å². The van der Waals surface area contributed by atoms with E-state index in [2.05, 4.69) is 35.1 Å². The Kier molecular flexibility index (Phi) is 5.04. The van der Waals surface area contributed by atoms with Gasteiger partial charge in [0.15, 0.2) is 11.5 Å². The Balaban J connectivity index is 1.49. The average Bonchev–Trinajstić information content (AvgIpc) is 3.49. The third-order valence-corrected chi connectivity index (χ3v) is 5.88. The number of halogens is 1. The van der Waals surface area contributed by atoms with E-state index in [9.17, 15) is 0 Å². The molecule has 6 rings (SSSR count). The van der Waals surface area contributed by atoms with Crippen molar-refractivity contribution in [2.24, 2.45) is 0 Å². The lowest BCUT2D eigenvalue weighted by atomic mass is 10.0. The highest BCUT2D eigenvalue weighted by atomic mass is 19.1. The Morgan fingerprint density at radius 2 is 1.77 bits per heavy atom. The molecular formula is C26H21FN8. The van der Waals surface area contributed by atoms with Crippen molar-refractivity contribution in [2.75, 3.05) is 14.1 Å². The number of fused-ring (bicyclic) bond motifs is 2. The Bertz CT molecular complexity index is 1670. The molecule has 0 saturated heterocycles. The molecule has 0 unspecified atom stereocenters. The van der Waals surface area contributed by atoms with Gasteiger partial charge >= 0.3 is 0 Å². The lowest BCUT2D eigenvalue weighted by Crippen LogP contribution is -2.10. The van der Waals surface area contributed by atoms with Crippen LogP contribution in [0.4, 0.5) is 4.39 Å². The highest BCUT2D eigenvalue weighted by Gasteiger charge is 2.20. The summed E-state index contributed by atoms with van der Waals surface area (Å²) in [6.45, 7) is 0.716. The van der Waals surface area contributed by atoms with E-state index in [0.29, 0.717) is 45.7 Å². The molecule has 1 aromatic carbocycles. The van der Waals surface area contributed by atoms with Gasteiger partial charge in [-0.2, -0.15) is 5.10 Å². The minimum absolute atomic E-state index is 0.366. The van der Waals surface area contributed by atoms with Gasteiger partial charge in [0.2, 0.25) is 0 Å². The third-order valence-electron chi connectivity index (χ3n) is 5.88. The lowest BCUT2D eigenvalue weighted by Gasteiger charge is -2.11. The Morgan fingerprint density at radius 3 is 2.60 bits per heavy atom. The Hall–Kier alpha value is -4.50. The molecule has 5 heterocycles. The van der Waals surface area contributed by atoms with E-state index in [0.717, 1.165) is 22.2 Å². The average molecular weight is 465 g/mol. The minimum Gasteiger partial charge on any atom is -0.335 e. The molecule has 9 heteroatoms. The van der Waals surface area contributed by atoms with Crippen molar-refractivity contribution in [3.63, 3.8) is 0 Å². The predicted molar refractivity (Wildman–Crippen MR) is 133 cm³/mol. The van der Waals surface area contributed by atoms with Crippen LogP contribution in [0.5, 0.6) is 0 Å². The summed E-state index contributed by atoms with van der Waals surface area (Å²) >= 11 is 0. The lowest BCUT2D eigenvalue weighted by molar-refractivity contribution is 0.402. The van der Waals surface area contributed by atoms with Crippen LogP contribution in [0.25, 0.3) is 55.8 Å². The summed E-state index contributed by atoms with van der Waals surface area (Å²) < 4.78 is 16.0. The molecular weight excluding hydrogens is 443 g/mol. The monoisotopic (exact) mass is 464 g/mol. The van der Waals surface area contributed by atoms with Crippen molar-refractivity contribution in [3.8, 4) is 33.8 Å². The van der Waals surface area contributed by atoms with Crippen LogP contribution in [-0.2, 0) is 6.54 Å². The summed E-state index contributed by atoms with van der Waals surface area (Å²) in [5.74, 6) is 0.0635. The van der Waals surface area contributed by atoms with Crippen molar-refractivity contribution in [1.82, 2.24) is 40.0 Å². The van der Waals surface area contributed by atoms with Crippen molar-refractivity contribution in [3.05, 3.63) is 78.8 Å². The van der Waals surface area contributed by atoms with Crippen molar-refractivity contribution in [2.45, 2.75) is 6.54 Å². The molecule has 0 amide bonds. The fourth-order valence-electron chi connectivity index (χ4n) is 4.35. The van der Waals surface area contributed by atoms with E-state index >= 15 is 4.39 Å². The van der Waals surface area contributed by atoms with Gasteiger partial charge in [0.05, 0.1) is 16.4 Å². The van der Waals surface area contributed by atoms with Crippen LogP contribution in [0.2, 0.25) is 0 Å². The predicted octanol–water partition coefficient (Wildman–Crippen LogP) is 4.83. The van der Waals surface area contributed by atoms with Gasteiger partial charge in [0, 0.05) is 54.2 Å². The number of aromatic nitrogens is 7. The normalized spacial score (nSPS) is 11.7. The van der Waals surface area contributed by atoms with Crippen LogP contribution in [0.3, 0.4) is 0 Å². The maximum absolute atomic E-state index is 16.0. The number of hydrogen-bond acceptors (Lipinski definition) is 6. The van der Waals surface area contributed by atoms with Crippen LogP contribution in [0, 0.1) is 5.82 Å². The number of rotatable bonds is 5. The van der Waals surface area contributed by atoms with Crippen LogP contribution in [-0.4, -0.2) is 54.1 Å². The van der Waals surface area contributed by atoms with E-state index in [-0.39, 0.29) is 5.82 Å².